The number of fused-ring (bicyclic) bond motifs is 1. The van der Waals surface area contributed by atoms with Crippen molar-refractivity contribution in [3.05, 3.63) is 48.0 Å². The van der Waals surface area contributed by atoms with E-state index in [1.807, 2.05) is 24.4 Å². The second kappa shape index (κ2) is 3.76. The number of aromatic amines is 1. The summed E-state index contributed by atoms with van der Waals surface area (Å²) in [6, 6.07) is 9.52. The average molecular weight is 223 g/mol. The smallest absolute Gasteiger partial charge is 0.129 e. The summed E-state index contributed by atoms with van der Waals surface area (Å²) in [5.41, 5.74) is 2.19. The van der Waals surface area contributed by atoms with Crippen LogP contribution in [0.1, 0.15) is 11.4 Å². The molecule has 1 aromatic carbocycles. The molecule has 0 saturated heterocycles. The highest BCUT2D eigenvalue weighted by atomic mass is 15.3. The largest absolute Gasteiger partial charge is 0.340 e. The third kappa shape index (κ3) is 1.66. The Morgan fingerprint density at radius 2 is 2.29 bits per heavy atom. The van der Waals surface area contributed by atoms with Crippen molar-refractivity contribution >= 4 is 11.0 Å². The van der Waals surface area contributed by atoms with Gasteiger partial charge in [-0.25, -0.2) is 4.98 Å². The summed E-state index contributed by atoms with van der Waals surface area (Å²) in [4.78, 5) is 7.60. The van der Waals surface area contributed by atoms with Crippen LogP contribution in [0.15, 0.2) is 36.7 Å². The van der Waals surface area contributed by atoms with Crippen molar-refractivity contribution in [2.75, 3.05) is 0 Å². The third-order valence-electron chi connectivity index (χ3n) is 2.55. The van der Waals surface area contributed by atoms with Gasteiger partial charge in [-0.2, -0.15) is 10.4 Å². The van der Waals surface area contributed by atoms with Crippen molar-refractivity contribution in [2.45, 2.75) is 6.54 Å². The summed E-state index contributed by atoms with van der Waals surface area (Å²) in [5, 5.41) is 13.1. The molecule has 0 radical (unpaired) electrons. The molecule has 3 aromatic rings. The lowest BCUT2D eigenvalue weighted by Crippen LogP contribution is -2.01. The minimum Gasteiger partial charge on any atom is -0.340 e. The van der Waals surface area contributed by atoms with Gasteiger partial charge in [0.15, 0.2) is 0 Å². The molecule has 0 spiro atoms. The Morgan fingerprint density at radius 3 is 3.06 bits per heavy atom. The summed E-state index contributed by atoms with van der Waals surface area (Å²) in [6.45, 7) is 0.576. The molecule has 0 saturated carbocycles. The van der Waals surface area contributed by atoms with E-state index in [2.05, 4.69) is 21.1 Å². The Bertz CT molecular complexity index is 687. The van der Waals surface area contributed by atoms with Gasteiger partial charge in [0.1, 0.15) is 17.4 Å². The van der Waals surface area contributed by atoms with Crippen LogP contribution < -0.4 is 0 Å². The molecule has 0 bridgehead atoms. The minimum absolute atomic E-state index is 0.576. The van der Waals surface area contributed by atoms with Crippen molar-refractivity contribution < 1.29 is 0 Å². The highest BCUT2D eigenvalue weighted by molar-refractivity contribution is 5.81. The van der Waals surface area contributed by atoms with Gasteiger partial charge in [0.25, 0.3) is 0 Å². The van der Waals surface area contributed by atoms with Crippen molar-refractivity contribution in [1.29, 1.82) is 5.26 Å². The Morgan fingerprint density at radius 1 is 1.35 bits per heavy atom. The number of hydrogen-bond acceptors (Lipinski definition) is 3. The molecule has 0 fully saturated rings. The van der Waals surface area contributed by atoms with Crippen molar-refractivity contribution in [1.82, 2.24) is 19.7 Å². The van der Waals surface area contributed by atoms with Gasteiger partial charge in [-0.1, -0.05) is 6.07 Å². The van der Waals surface area contributed by atoms with Crippen LogP contribution in [0, 0.1) is 11.3 Å². The maximum Gasteiger partial charge on any atom is 0.129 e. The maximum atomic E-state index is 8.98. The molecule has 0 amide bonds. The second-order valence-electron chi connectivity index (χ2n) is 3.70. The van der Waals surface area contributed by atoms with E-state index in [0.29, 0.717) is 12.1 Å². The van der Waals surface area contributed by atoms with Gasteiger partial charge in [0.2, 0.25) is 0 Å². The van der Waals surface area contributed by atoms with E-state index in [9.17, 15) is 0 Å². The minimum atomic E-state index is 0.576. The molecule has 82 valence electrons. The number of para-hydroxylation sites is 1. The number of H-pyrrole nitrogens is 1. The number of aromatic nitrogens is 4. The zero-order valence-corrected chi connectivity index (χ0v) is 8.96. The van der Waals surface area contributed by atoms with Crippen LogP contribution in [-0.4, -0.2) is 19.7 Å². The summed E-state index contributed by atoms with van der Waals surface area (Å²) < 4.78 is 1.78. The lowest BCUT2D eigenvalue weighted by Gasteiger charge is -1.95. The van der Waals surface area contributed by atoms with Gasteiger partial charge in [0, 0.05) is 12.4 Å². The fourth-order valence-electron chi connectivity index (χ4n) is 1.80. The topological polar surface area (TPSA) is 70.3 Å². The quantitative estimate of drug-likeness (QED) is 0.718. The van der Waals surface area contributed by atoms with Crippen LogP contribution in [0.25, 0.3) is 11.0 Å². The van der Waals surface area contributed by atoms with Crippen LogP contribution in [0.5, 0.6) is 0 Å². The maximum absolute atomic E-state index is 8.98. The Hall–Kier alpha value is -2.61. The number of nitrogens with zero attached hydrogens (tertiary/aromatic N) is 4. The van der Waals surface area contributed by atoms with Gasteiger partial charge < -0.3 is 4.98 Å². The van der Waals surface area contributed by atoms with Crippen LogP contribution in [0.4, 0.5) is 0 Å². The molecular weight excluding hydrogens is 214 g/mol. The number of nitriles is 1. The van der Waals surface area contributed by atoms with Crippen LogP contribution in [0.2, 0.25) is 0 Å². The standard InChI is InChI=1S/C12H9N5/c13-7-9-3-1-4-10-12(9)16-11(15-10)8-17-6-2-5-14-17/h1-6H,8H2,(H,15,16). The summed E-state index contributed by atoms with van der Waals surface area (Å²) >= 11 is 0. The van der Waals surface area contributed by atoms with Crippen LogP contribution >= 0.6 is 0 Å². The summed E-state index contributed by atoms with van der Waals surface area (Å²) in [6.07, 6.45) is 3.60. The fraction of sp³-hybridized carbons (Fsp3) is 0.0833. The molecule has 0 unspecified atom stereocenters. The molecule has 0 aliphatic heterocycles. The summed E-state index contributed by atoms with van der Waals surface area (Å²) in [5.74, 6) is 0.798. The lowest BCUT2D eigenvalue weighted by molar-refractivity contribution is 0.663. The van der Waals surface area contributed by atoms with Crippen molar-refractivity contribution in [2.24, 2.45) is 0 Å². The zero-order chi connectivity index (χ0) is 11.7. The van der Waals surface area contributed by atoms with E-state index in [4.69, 9.17) is 5.26 Å². The lowest BCUT2D eigenvalue weighted by atomic mass is 10.2. The Labute approximate surface area is 97.3 Å². The van der Waals surface area contributed by atoms with Crippen LogP contribution in [-0.2, 0) is 6.54 Å². The van der Waals surface area contributed by atoms with E-state index >= 15 is 0 Å². The molecule has 2 aromatic heterocycles. The first kappa shape index (κ1) is 9.60. The van der Waals surface area contributed by atoms with Crippen molar-refractivity contribution in [3.63, 3.8) is 0 Å². The molecule has 2 heterocycles. The number of nitrogens with one attached hydrogen (secondary N) is 1. The molecule has 0 aliphatic carbocycles. The molecular formula is C12H9N5. The van der Waals surface area contributed by atoms with E-state index < -0.39 is 0 Å². The highest BCUT2D eigenvalue weighted by Gasteiger charge is 2.07. The monoisotopic (exact) mass is 223 g/mol. The van der Waals surface area contributed by atoms with E-state index in [-0.39, 0.29) is 0 Å². The van der Waals surface area contributed by atoms with Crippen LogP contribution in [0.3, 0.4) is 0 Å². The van der Waals surface area contributed by atoms with Gasteiger partial charge in [-0.05, 0) is 18.2 Å². The first-order valence-electron chi connectivity index (χ1n) is 5.22. The molecule has 0 atom stereocenters. The summed E-state index contributed by atoms with van der Waals surface area (Å²) in [7, 11) is 0. The Balaban J connectivity index is 2.05. The second-order valence-corrected chi connectivity index (χ2v) is 3.70. The molecule has 1 N–H and O–H groups in total. The normalized spacial score (nSPS) is 10.5. The SMILES string of the molecule is N#Cc1cccc2[nH]c(Cn3cccn3)nc12. The Kier molecular flexibility index (Phi) is 2.12. The predicted octanol–water partition coefficient (Wildman–Crippen LogP) is 1.68. The number of benzene rings is 1. The predicted molar refractivity (Wildman–Crippen MR) is 62.1 cm³/mol. The highest BCUT2D eigenvalue weighted by Crippen LogP contribution is 2.15. The number of rotatable bonds is 2. The zero-order valence-electron chi connectivity index (χ0n) is 8.96. The first-order valence-corrected chi connectivity index (χ1v) is 5.22. The average Bonchev–Trinajstić information content (AvgIpc) is 2.97. The molecule has 17 heavy (non-hydrogen) atoms. The number of imidazole rings is 1. The van der Waals surface area contributed by atoms with E-state index in [1.165, 1.54) is 0 Å². The van der Waals surface area contributed by atoms with Gasteiger partial charge in [-0.3, -0.25) is 4.68 Å². The molecule has 5 nitrogen and oxygen atoms in total. The van der Waals surface area contributed by atoms with Crippen molar-refractivity contribution in [3.8, 4) is 6.07 Å². The van der Waals surface area contributed by atoms with Gasteiger partial charge >= 0.3 is 0 Å². The molecule has 3 rings (SSSR count). The van der Waals surface area contributed by atoms with E-state index in [0.717, 1.165) is 16.9 Å². The van der Waals surface area contributed by atoms with Gasteiger partial charge in [-0.15, -0.1) is 0 Å². The first-order chi connectivity index (χ1) is 8.36. The van der Waals surface area contributed by atoms with E-state index in [1.54, 1.807) is 16.9 Å². The number of hydrogen-bond donors (Lipinski definition) is 1. The third-order valence-corrected chi connectivity index (χ3v) is 2.55. The fourth-order valence-corrected chi connectivity index (χ4v) is 1.80. The van der Waals surface area contributed by atoms with Gasteiger partial charge in [0.05, 0.1) is 17.6 Å². The molecule has 5 heteroatoms. The molecule has 0 aliphatic rings.